The summed E-state index contributed by atoms with van der Waals surface area (Å²) in [4.78, 5) is 26.3. The Labute approximate surface area is 219 Å². The highest BCUT2D eigenvalue weighted by molar-refractivity contribution is 5.90. The average molecular weight is 501 g/mol. The molecule has 1 N–H and O–H groups in total. The summed E-state index contributed by atoms with van der Waals surface area (Å²) < 4.78 is 5.85. The zero-order valence-corrected chi connectivity index (χ0v) is 24.6. The Bertz CT molecular complexity index is 967. The van der Waals surface area contributed by atoms with Crippen molar-refractivity contribution in [2.24, 2.45) is 50.2 Å². The number of hydrogen-bond acceptors (Lipinski definition) is 4. The number of hydrogen-bond donors (Lipinski definition) is 1. The van der Waals surface area contributed by atoms with Crippen LogP contribution < -0.4 is 0 Å². The fourth-order valence-corrected chi connectivity index (χ4v) is 11.4. The van der Waals surface area contributed by atoms with Crippen molar-refractivity contribution in [3.63, 3.8) is 0 Å². The molecular weight excluding hydrogens is 448 g/mol. The van der Waals surface area contributed by atoms with Gasteiger partial charge in [0.2, 0.25) is 0 Å². The van der Waals surface area contributed by atoms with E-state index in [1.165, 1.54) is 13.3 Å². The smallest absolute Gasteiger partial charge is 0.302 e. The molecule has 4 nitrogen and oxygen atoms in total. The predicted molar refractivity (Wildman–Crippen MR) is 142 cm³/mol. The lowest BCUT2D eigenvalue weighted by atomic mass is 9.30. The second kappa shape index (κ2) is 7.60. The molecule has 0 aliphatic heterocycles. The minimum absolute atomic E-state index is 0.000263. The number of Topliss-reactive ketones (excluding diaryl/α,β-unsaturated/α-hetero) is 1. The first-order valence-corrected chi connectivity index (χ1v) is 14.8. The van der Waals surface area contributed by atoms with Crippen molar-refractivity contribution in [3.8, 4) is 0 Å². The molecule has 0 amide bonds. The SMILES string of the molecule is CC(=O)OC1CC[C@@]2(C)[C@H](CC[C@]3(C)[C@H]2CC(=O)[C@]2(O)[C@@H]4CC(C)(C)CC[C@]4(C)CC[C@@]32C)C1(C)C. The number of ether oxygens (including phenoxy) is 1. The lowest BCUT2D eigenvalue weighted by Crippen LogP contribution is -2.76. The lowest BCUT2D eigenvalue weighted by Gasteiger charge is -2.75. The van der Waals surface area contributed by atoms with Gasteiger partial charge in [-0.1, -0.05) is 55.4 Å². The topological polar surface area (TPSA) is 63.6 Å². The van der Waals surface area contributed by atoms with E-state index in [1.54, 1.807) is 0 Å². The number of ketones is 1. The molecule has 5 rings (SSSR count). The van der Waals surface area contributed by atoms with Gasteiger partial charge in [0, 0.05) is 30.1 Å². The van der Waals surface area contributed by atoms with Gasteiger partial charge < -0.3 is 9.84 Å². The minimum atomic E-state index is -1.24. The van der Waals surface area contributed by atoms with E-state index in [0.29, 0.717) is 12.3 Å². The van der Waals surface area contributed by atoms with Crippen molar-refractivity contribution >= 4 is 11.8 Å². The van der Waals surface area contributed by atoms with Gasteiger partial charge in [-0.25, -0.2) is 0 Å². The molecule has 5 aliphatic rings. The first-order valence-electron chi connectivity index (χ1n) is 14.8. The Balaban J connectivity index is 1.57. The molecule has 0 bridgehead atoms. The minimum Gasteiger partial charge on any atom is -0.462 e. The molecule has 1 unspecified atom stereocenters. The zero-order valence-electron chi connectivity index (χ0n) is 24.6. The van der Waals surface area contributed by atoms with Gasteiger partial charge in [0.05, 0.1) is 0 Å². The van der Waals surface area contributed by atoms with Crippen molar-refractivity contribution in [2.45, 2.75) is 138 Å². The number of esters is 1. The van der Waals surface area contributed by atoms with Gasteiger partial charge in [0.15, 0.2) is 5.78 Å². The van der Waals surface area contributed by atoms with Crippen LogP contribution in [-0.2, 0) is 14.3 Å². The summed E-state index contributed by atoms with van der Waals surface area (Å²) in [7, 11) is 0. The van der Waals surface area contributed by atoms with Crippen LogP contribution >= 0.6 is 0 Å². The first-order chi connectivity index (χ1) is 16.4. The molecule has 0 aromatic rings. The Morgan fingerprint density at radius 1 is 0.833 bits per heavy atom. The summed E-state index contributed by atoms with van der Waals surface area (Å²) in [5.41, 5.74) is -1.66. The molecule has 0 radical (unpaired) electrons. The Hall–Kier alpha value is -0.900. The van der Waals surface area contributed by atoms with Crippen LogP contribution in [0.3, 0.4) is 0 Å². The van der Waals surface area contributed by atoms with Crippen molar-refractivity contribution in [2.75, 3.05) is 0 Å². The van der Waals surface area contributed by atoms with Crippen molar-refractivity contribution in [1.29, 1.82) is 0 Å². The normalized spacial score (nSPS) is 53.3. The van der Waals surface area contributed by atoms with Gasteiger partial charge >= 0.3 is 5.97 Å². The molecule has 0 saturated heterocycles. The van der Waals surface area contributed by atoms with E-state index in [9.17, 15) is 14.7 Å². The van der Waals surface area contributed by atoms with Gasteiger partial charge in [-0.3, -0.25) is 9.59 Å². The summed E-state index contributed by atoms with van der Waals surface area (Å²) in [5, 5.41) is 12.8. The van der Waals surface area contributed by atoms with Crippen LogP contribution in [0.1, 0.15) is 127 Å². The van der Waals surface area contributed by atoms with E-state index in [4.69, 9.17) is 4.74 Å². The number of carbonyl (C=O) groups is 2. The van der Waals surface area contributed by atoms with Gasteiger partial charge in [0.1, 0.15) is 11.7 Å². The maximum absolute atomic E-state index is 14.4. The molecule has 0 heterocycles. The zero-order chi connectivity index (χ0) is 26.7. The van der Waals surface area contributed by atoms with E-state index in [0.717, 1.165) is 51.4 Å². The third-order valence-electron chi connectivity index (χ3n) is 13.9. The Kier molecular flexibility index (Phi) is 5.64. The Morgan fingerprint density at radius 3 is 2.11 bits per heavy atom. The monoisotopic (exact) mass is 500 g/mol. The van der Waals surface area contributed by atoms with E-state index >= 15 is 0 Å². The third-order valence-corrected chi connectivity index (χ3v) is 13.9. The largest absolute Gasteiger partial charge is 0.462 e. The second-order valence-corrected chi connectivity index (χ2v) is 16.3. The Morgan fingerprint density at radius 2 is 1.47 bits per heavy atom. The summed E-state index contributed by atoms with van der Waals surface area (Å²) >= 11 is 0. The van der Waals surface area contributed by atoms with Crippen LogP contribution in [0, 0.1) is 50.2 Å². The van der Waals surface area contributed by atoms with Crippen LogP contribution in [0.4, 0.5) is 0 Å². The maximum atomic E-state index is 14.4. The quantitative estimate of drug-likeness (QED) is 0.390. The summed E-state index contributed by atoms with van der Waals surface area (Å²) in [6.45, 7) is 20.3. The molecule has 5 aliphatic carbocycles. The van der Waals surface area contributed by atoms with Crippen molar-refractivity contribution in [3.05, 3.63) is 0 Å². The molecule has 0 spiro atoms. The molecule has 4 heteroatoms. The fraction of sp³-hybridized carbons (Fsp3) is 0.938. The van der Waals surface area contributed by atoms with E-state index in [1.807, 2.05) is 0 Å². The molecule has 36 heavy (non-hydrogen) atoms. The molecule has 0 aromatic carbocycles. The molecule has 204 valence electrons. The lowest BCUT2D eigenvalue weighted by molar-refractivity contribution is -0.293. The first kappa shape index (κ1) is 26.7. The van der Waals surface area contributed by atoms with Crippen LogP contribution in [0.15, 0.2) is 0 Å². The van der Waals surface area contributed by atoms with Crippen LogP contribution in [0.2, 0.25) is 0 Å². The average Bonchev–Trinajstić information content (AvgIpc) is 2.76. The third kappa shape index (κ3) is 3.15. The van der Waals surface area contributed by atoms with E-state index in [-0.39, 0.29) is 56.8 Å². The fourth-order valence-electron chi connectivity index (χ4n) is 11.4. The summed E-state index contributed by atoms with van der Waals surface area (Å²) in [6, 6.07) is 0. The van der Waals surface area contributed by atoms with Gasteiger partial charge in [-0.05, 0) is 91.3 Å². The van der Waals surface area contributed by atoms with Crippen molar-refractivity contribution < 1.29 is 19.4 Å². The van der Waals surface area contributed by atoms with Gasteiger partial charge in [0.25, 0.3) is 0 Å². The number of fused-ring (bicyclic) bond motifs is 7. The number of rotatable bonds is 1. The van der Waals surface area contributed by atoms with Crippen LogP contribution in [0.5, 0.6) is 0 Å². The number of carbonyl (C=O) groups excluding carboxylic acids is 2. The summed E-state index contributed by atoms with van der Waals surface area (Å²) in [5.74, 6) is 0.622. The molecule has 9 atom stereocenters. The second-order valence-electron chi connectivity index (χ2n) is 16.3. The predicted octanol–water partition coefficient (Wildman–Crippen LogP) is 7.11. The molecule has 5 saturated carbocycles. The highest BCUT2D eigenvalue weighted by atomic mass is 16.5. The van der Waals surface area contributed by atoms with E-state index < -0.39 is 11.0 Å². The number of aliphatic hydroxyl groups is 1. The highest BCUT2D eigenvalue weighted by Crippen LogP contribution is 2.77. The van der Waals surface area contributed by atoms with Crippen LogP contribution in [-0.4, -0.2) is 28.6 Å². The molecule has 0 aromatic heterocycles. The molecule has 5 fully saturated rings. The summed E-state index contributed by atoms with van der Waals surface area (Å²) in [6.07, 6.45) is 9.67. The maximum Gasteiger partial charge on any atom is 0.302 e. The van der Waals surface area contributed by atoms with Crippen LogP contribution in [0.25, 0.3) is 0 Å². The standard InChI is InChI=1S/C32H52O4/c1-20(33)36-25-11-12-29(7)21(27(25,4)5)10-13-30(8)22(29)18-24(34)32(35)23-19-26(2,3)14-15-28(23,6)16-17-31(30,32)9/h21-23,25,35H,10-19H2,1-9H3/t21-,22+,23-,25?,28-,29+,30-,31+,32-/m1/s1. The molecular formula is C32H52O4. The van der Waals surface area contributed by atoms with E-state index in [2.05, 4.69) is 55.4 Å². The highest BCUT2D eigenvalue weighted by Gasteiger charge is 2.77. The van der Waals surface area contributed by atoms with Crippen molar-refractivity contribution in [1.82, 2.24) is 0 Å². The van der Waals surface area contributed by atoms with Gasteiger partial charge in [-0.2, -0.15) is 0 Å². The van der Waals surface area contributed by atoms with Gasteiger partial charge in [-0.15, -0.1) is 0 Å².